The van der Waals surface area contributed by atoms with Crippen LogP contribution in [0.5, 0.6) is 0 Å². The van der Waals surface area contributed by atoms with Crippen LogP contribution in [-0.2, 0) is 14.3 Å². The first-order chi connectivity index (χ1) is 5.84. The molecule has 0 aromatic rings. The van der Waals surface area contributed by atoms with E-state index in [0.29, 0.717) is 5.57 Å². The second-order valence-corrected chi connectivity index (χ2v) is 3.88. The van der Waals surface area contributed by atoms with Gasteiger partial charge in [0.2, 0.25) is 5.24 Å². The zero-order valence-electron chi connectivity index (χ0n) is 7.81. The number of hydrogen-bond donors (Lipinski definition) is 0. The van der Waals surface area contributed by atoms with Crippen molar-refractivity contribution in [3.8, 4) is 0 Å². The van der Waals surface area contributed by atoms with Crippen molar-refractivity contribution in [1.82, 2.24) is 0 Å². The number of esters is 1. The summed E-state index contributed by atoms with van der Waals surface area (Å²) in [5.74, 6) is -0.403. The maximum Gasteiger partial charge on any atom is 0.311 e. The topological polar surface area (TPSA) is 43.4 Å². The average molecular weight is 203 g/mol. The van der Waals surface area contributed by atoms with Crippen molar-refractivity contribution in [3.63, 3.8) is 0 Å². The predicted octanol–water partition coefficient (Wildman–Crippen LogP) is 1.79. The highest BCUT2D eigenvalue weighted by Gasteiger charge is 2.34. The van der Waals surface area contributed by atoms with E-state index < -0.39 is 16.8 Å². The quantitative estimate of drug-likeness (QED) is 0.481. The maximum atomic E-state index is 11.1. The number of carbonyl (C=O) groups is 2. The molecule has 4 heteroatoms. The zero-order valence-corrected chi connectivity index (χ0v) is 8.57. The van der Waals surface area contributed by atoms with Crippen LogP contribution in [0.1, 0.15) is 27.2 Å². The third-order valence-corrected chi connectivity index (χ3v) is 2.51. The lowest BCUT2D eigenvalue weighted by Gasteiger charge is -2.31. The van der Waals surface area contributed by atoms with Gasteiger partial charge in [0.25, 0.3) is 0 Å². The summed E-state index contributed by atoms with van der Waals surface area (Å²) < 4.78 is 5.06. The fourth-order valence-corrected chi connectivity index (χ4v) is 1.46. The summed E-state index contributed by atoms with van der Waals surface area (Å²) in [6, 6.07) is 0. The molecular weight excluding hydrogens is 192 g/mol. The summed E-state index contributed by atoms with van der Waals surface area (Å²) in [4.78, 5) is 22.0. The SMILES string of the molecule is CC1=C(C(=O)Cl)CC(=O)OC1(C)C. The number of hydrogen-bond acceptors (Lipinski definition) is 3. The van der Waals surface area contributed by atoms with Crippen molar-refractivity contribution in [2.75, 3.05) is 0 Å². The molecule has 0 saturated carbocycles. The maximum absolute atomic E-state index is 11.1. The normalized spacial score (nSPS) is 21.4. The van der Waals surface area contributed by atoms with Crippen LogP contribution in [0.3, 0.4) is 0 Å². The summed E-state index contributed by atoms with van der Waals surface area (Å²) in [6.07, 6.45) is -0.0163. The molecule has 0 spiro atoms. The van der Waals surface area contributed by atoms with Crippen LogP contribution in [0.25, 0.3) is 0 Å². The molecule has 0 aliphatic carbocycles. The molecule has 0 unspecified atom stereocenters. The highest BCUT2D eigenvalue weighted by molar-refractivity contribution is 6.68. The molecule has 1 rings (SSSR count). The molecular formula is C9H11ClO3. The minimum Gasteiger partial charge on any atom is -0.455 e. The molecule has 13 heavy (non-hydrogen) atoms. The number of halogens is 1. The molecule has 72 valence electrons. The molecule has 0 saturated heterocycles. The van der Waals surface area contributed by atoms with Crippen LogP contribution >= 0.6 is 11.6 Å². The van der Waals surface area contributed by atoms with Gasteiger partial charge in [-0.25, -0.2) is 0 Å². The van der Waals surface area contributed by atoms with Crippen molar-refractivity contribution in [3.05, 3.63) is 11.1 Å². The van der Waals surface area contributed by atoms with Crippen molar-refractivity contribution in [1.29, 1.82) is 0 Å². The Bertz CT molecular complexity index is 302. The molecule has 0 atom stereocenters. The molecule has 1 heterocycles. The Labute approximate surface area is 81.7 Å². The highest BCUT2D eigenvalue weighted by atomic mass is 35.5. The predicted molar refractivity (Wildman–Crippen MR) is 48.3 cm³/mol. The van der Waals surface area contributed by atoms with Crippen LogP contribution in [0.15, 0.2) is 11.1 Å². The van der Waals surface area contributed by atoms with Gasteiger partial charge in [-0.05, 0) is 37.9 Å². The minimum atomic E-state index is -0.713. The Hall–Kier alpha value is -0.830. The Morgan fingerprint density at radius 3 is 2.54 bits per heavy atom. The molecule has 1 aliphatic heterocycles. The molecule has 1 aliphatic rings. The van der Waals surface area contributed by atoms with E-state index in [2.05, 4.69) is 0 Å². The molecule has 0 bridgehead atoms. The number of carbonyl (C=O) groups excluding carboxylic acids is 2. The van der Waals surface area contributed by atoms with E-state index in [1.807, 2.05) is 0 Å². The van der Waals surface area contributed by atoms with Crippen LogP contribution in [0, 0.1) is 0 Å². The van der Waals surface area contributed by atoms with Gasteiger partial charge in [-0.3, -0.25) is 9.59 Å². The summed E-state index contributed by atoms with van der Waals surface area (Å²) in [5.41, 5.74) is 0.380. The number of rotatable bonds is 1. The van der Waals surface area contributed by atoms with Gasteiger partial charge in [0.15, 0.2) is 0 Å². The van der Waals surface area contributed by atoms with Gasteiger partial charge < -0.3 is 4.74 Å². The van der Waals surface area contributed by atoms with Crippen molar-refractivity contribution in [2.45, 2.75) is 32.8 Å². The molecule has 0 fully saturated rings. The van der Waals surface area contributed by atoms with E-state index in [0.717, 1.165) is 5.57 Å². The largest absolute Gasteiger partial charge is 0.455 e. The Morgan fingerprint density at radius 1 is 1.54 bits per heavy atom. The van der Waals surface area contributed by atoms with E-state index in [1.165, 1.54) is 0 Å². The monoisotopic (exact) mass is 202 g/mol. The fourth-order valence-electron chi connectivity index (χ4n) is 1.25. The van der Waals surface area contributed by atoms with Gasteiger partial charge in [0.05, 0.1) is 6.42 Å². The van der Waals surface area contributed by atoms with E-state index in [-0.39, 0.29) is 6.42 Å². The van der Waals surface area contributed by atoms with E-state index in [1.54, 1.807) is 20.8 Å². The molecule has 0 aromatic heterocycles. The van der Waals surface area contributed by atoms with Gasteiger partial charge in [0.1, 0.15) is 5.60 Å². The molecule has 0 radical (unpaired) electrons. The molecule has 0 aromatic carbocycles. The van der Waals surface area contributed by atoms with Crippen LogP contribution in [0.2, 0.25) is 0 Å². The fraction of sp³-hybridized carbons (Fsp3) is 0.556. The number of cyclic esters (lactones) is 1. The minimum absolute atomic E-state index is 0.0163. The summed E-state index contributed by atoms with van der Waals surface area (Å²) in [6.45, 7) is 5.22. The van der Waals surface area contributed by atoms with E-state index in [9.17, 15) is 9.59 Å². The Morgan fingerprint density at radius 2 is 2.08 bits per heavy atom. The van der Waals surface area contributed by atoms with Gasteiger partial charge >= 0.3 is 5.97 Å². The first-order valence-corrected chi connectivity index (χ1v) is 4.34. The lowest BCUT2D eigenvalue weighted by molar-refractivity contribution is -0.154. The lowest BCUT2D eigenvalue weighted by Crippen LogP contribution is -2.35. The van der Waals surface area contributed by atoms with Gasteiger partial charge in [-0.15, -0.1) is 0 Å². The molecule has 3 nitrogen and oxygen atoms in total. The molecule has 0 N–H and O–H groups in total. The van der Waals surface area contributed by atoms with E-state index in [4.69, 9.17) is 16.3 Å². The summed E-state index contributed by atoms with van der Waals surface area (Å²) in [7, 11) is 0. The van der Waals surface area contributed by atoms with Crippen LogP contribution in [0.4, 0.5) is 0 Å². The van der Waals surface area contributed by atoms with Crippen molar-refractivity contribution >= 4 is 22.8 Å². The van der Waals surface area contributed by atoms with E-state index >= 15 is 0 Å². The van der Waals surface area contributed by atoms with Gasteiger partial charge in [-0.1, -0.05) is 0 Å². The first-order valence-electron chi connectivity index (χ1n) is 3.96. The summed E-state index contributed by atoms with van der Waals surface area (Å²) in [5, 5.41) is -0.567. The second kappa shape index (κ2) is 3.14. The van der Waals surface area contributed by atoms with Crippen molar-refractivity contribution in [2.24, 2.45) is 0 Å². The third-order valence-electron chi connectivity index (χ3n) is 2.28. The smallest absolute Gasteiger partial charge is 0.311 e. The second-order valence-electron chi connectivity index (χ2n) is 3.54. The molecule has 0 amide bonds. The van der Waals surface area contributed by atoms with Crippen molar-refractivity contribution < 1.29 is 14.3 Å². The van der Waals surface area contributed by atoms with Gasteiger partial charge in [-0.2, -0.15) is 0 Å². The van der Waals surface area contributed by atoms with Crippen LogP contribution < -0.4 is 0 Å². The first kappa shape index (κ1) is 10.3. The summed E-state index contributed by atoms with van der Waals surface area (Å²) >= 11 is 5.34. The zero-order chi connectivity index (χ0) is 10.2. The Balaban J connectivity index is 3.16. The third kappa shape index (κ3) is 1.91. The lowest BCUT2D eigenvalue weighted by atomic mass is 9.91. The average Bonchev–Trinajstić information content (AvgIpc) is 1.95. The van der Waals surface area contributed by atoms with Crippen LogP contribution in [-0.4, -0.2) is 16.8 Å². The highest BCUT2D eigenvalue weighted by Crippen LogP contribution is 2.31. The van der Waals surface area contributed by atoms with Gasteiger partial charge in [0, 0.05) is 5.57 Å². The number of ether oxygens (including phenoxy) is 1. The standard InChI is InChI=1S/C9H11ClO3/c1-5-6(8(10)12)4-7(11)13-9(5,2)3/h4H2,1-3H3. The Kier molecular flexibility index (Phi) is 2.48.